The van der Waals surface area contributed by atoms with E-state index >= 15 is 0 Å². The molecule has 0 fully saturated rings. The highest BCUT2D eigenvalue weighted by Gasteiger charge is 2.26. The van der Waals surface area contributed by atoms with Crippen LogP contribution < -0.4 is 0 Å². The van der Waals surface area contributed by atoms with E-state index in [0.29, 0.717) is 6.04 Å². The lowest BCUT2D eigenvalue weighted by Gasteiger charge is -2.13. The van der Waals surface area contributed by atoms with Crippen LogP contribution in [0, 0.1) is 6.92 Å². The Morgan fingerprint density at radius 2 is 2.00 bits per heavy atom. The molecule has 76 valence electrons. The lowest BCUT2D eigenvalue weighted by Crippen LogP contribution is -2.07. The second-order valence-corrected chi connectivity index (χ2v) is 4.00. The summed E-state index contributed by atoms with van der Waals surface area (Å²) in [5.41, 5.74) is 1.36. The Morgan fingerprint density at radius 1 is 1.20 bits per heavy atom. The fourth-order valence-electron chi connectivity index (χ4n) is 2.37. The van der Waals surface area contributed by atoms with Crippen LogP contribution in [0.4, 0.5) is 0 Å². The molecule has 3 nitrogen and oxygen atoms in total. The summed E-state index contributed by atoms with van der Waals surface area (Å²) in [6.07, 6.45) is 2.19. The Kier molecular flexibility index (Phi) is 1.84. The molecule has 0 N–H and O–H groups in total. The van der Waals surface area contributed by atoms with Crippen LogP contribution in [0.15, 0.2) is 30.3 Å². The van der Waals surface area contributed by atoms with E-state index in [2.05, 4.69) is 45.1 Å². The van der Waals surface area contributed by atoms with Gasteiger partial charge in [-0.15, -0.1) is 10.2 Å². The standard InChI is InChI=1S/C12H13N3/c1-9-13-14-12-8-7-11(15(9)12)10-5-3-2-4-6-10/h2-6,11H,7-8H2,1H3. The predicted molar refractivity (Wildman–Crippen MR) is 57.7 cm³/mol. The first-order valence-corrected chi connectivity index (χ1v) is 5.31. The van der Waals surface area contributed by atoms with Gasteiger partial charge in [0, 0.05) is 6.42 Å². The van der Waals surface area contributed by atoms with Crippen molar-refractivity contribution in [2.24, 2.45) is 0 Å². The van der Waals surface area contributed by atoms with E-state index < -0.39 is 0 Å². The van der Waals surface area contributed by atoms with E-state index in [1.165, 1.54) is 5.56 Å². The minimum absolute atomic E-state index is 0.441. The fourth-order valence-corrected chi connectivity index (χ4v) is 2.37. The van der Waals surface area contributed by atoms with Gasteiger partial charge >= 0.3 is 0 Å². The highest BCUT2D eigenvalue weighted by Crippen LogP contribution is 2.31. The van der Waals surface area contributed by atoms with Crippen LogP contribution >= 0.6 is 0 Å². The predicted octanol–water partition coefficient (Wildman–Crippen LogP) is 2.12. The molecule has 1 aromatic carbocycles. The second kappa shape index (κ2) is 3.19. The van der Waals surface area contributed by atoms with Crippen LogP contribution in [0.2, 0.25) is 0 Å². The van der Waals surface area contributed by atoms with Crippen molar-refractivity contribution in [1.29, 1.82) is 0 Å². The summed E-state index contributed by atoms with van der Waals surface area (Å²) in [6.45, 7) is 2.03. The van der Waals surface area contributed by atoms with E-state index in [-0.39, 0.29) is 0 Å². The largest absolute Gasteiger partial charge is 0.308 e. The molecular formula is C12H13N3. The van der Waals surface area contributed by atoms with Gasteiger partial charge in [-0.3, -0.25) is 0 Å². The molecule has 0 bridgehead atoms. The Labute approximate surface area is 88.8 Å². The van der Waals surface area contributed by atoms with Gasteiger partial charge in [0.1, 0.15) is 11.6 Å². The number of hydrogen-bond donors (Lipinski definition) is 0. The third-order valence-electron chi connectivity index (χ3n) is 3.07. The number of aryl methyl sites for hydroxylation is 2. The van der Waals surface area contributed by atoms with Crippen molar-refractivity contribution in [2.75, 3.05) is 0 Å². The summed E-state index contributed by atoms with van der Waals surface area (Å²) < 4.78 is 2.26. The summed E-state index contributed by atoms with van der Waals surface area (Å²) in [5, 5.41) is 8.31. The highest BCUT2D eigenvalue weighted by molar-refractivity contribution is 5.23. The molecule has 3 heteroatoms. The average molecular weight is 199 g/mol. The molecule has 1 unspecified atom stereocenters. The van der Waals surface area contributed by atoms with Crippen molar-refractivity contribution < 1.29 is 0 Å². The minimum atomic E-state index is 0.441. The molecule has 0 amide bonds. The van der Waals surface area contributed by atoms with Crippen molar-refractivity contribution in [3.05, 3.63) is 47.5 Å². The average Bonchev–Trinajstić information content (AvgIpc) is 2.84. The fraction of sp³-hybridized carbons (Fsp3) is 0.333. The zero-order valence-electron chi connectivity index (χ0n) is 8.72. The maximum Gasteiger partial charge on any atom is 0.133 e. The molecule has 0 spiro atoms. The number of aromatic nitrogens is 3. The Balaban J connectivity index is 2.07. The van der Waals surface area contributed by atoms with Crippen LogP contribution in [0.3, 0.4) is 0 Å². The number of benzene rings is 1. The normalized spacial score (nSPS) is 19.1. The SMILES string of the molecule is Cc1nnc2n1C(c1ccccc1)CC2. The molecule has 2 heterocycles. The molecule has 1 aliphatic heterocycles. The van der Waals surface area contributed by atoms with Crippen LogP contribution in [0.1, 0.15) is 29.7 Å². The molecule has 1 aliphatic rings. The monoisotopic (exact) mass is 199 g/mol. The zero-order chi connectivity index (χ0) is 10.3. The lowest BCUT2D eigenvalue weighted by atomic mass is 10.1. The molecule has 0 radical (unpaired) electrons. The van der Waals surface area contributed by atoms with E-state index in [1.54, 1.807) is 0 Å². The molecule has 15 heavy (non-hydrogen) atoms. The quantitative estimate of drug-likeness (QED) is 0.704. The highest BCUT2D eigenvalue weighted by atomic mass is 15.3. The Morgan fingerprint density at radius 3 is 2.80 bits per heavy atom. The van der Waals surface area contributed by atoms with Gasteiger partial charge in [-0.25, -0.2) is 0 Å². The second-order valence-electron chi connectivity index (χ2n) is 4.00. The van der Waals surface area contributed by atoms with Crippen molar-refractivity contribution in [2.45, 2.75) is 25.8 Å². The number of hydrogen-bond acceptors (Lipinski definition) is 2. The summed E-state index contributed by atoms with van der Waals surface area (Å²) in [7, 11) is 0. The summed E-state index contributed by atoms with van der Waals surface area (Å²) in [4.78, 5) is 0. The van der Waals surface area contributed by atoms with E-state index in [9.17, 15) is 0 Å². The van der Waals surface area contributed by atoms with E-state index in [1.807, 2.05) is 6.92 Å². The summed E-state index contributed by atoms with van der Waals surface area (Å²) in [5.74, 6) is 2.15. The van der Waals surface area contributed by atoms with Gasteiger partial charge in [0.2, 0.25) is 0 Å². The first kappa shape index (κ1) is 8.65. The topological polar surface area (TPSA) is 30.7 Å². The van der Waals surface area contributed by atoms with Crippen molar-refractivity contribution in [3.8, 4) is 0 Å². The van der Waals surface area contributed by atoms with Gasteiger partial charge in [-0.2, -0.15) is 0 Å². The third kappa shape index (κ3) is 1.27. The Hall–Kier alpha value is -1.64. The van der Waals surface area contributed by atoms with Gasteiger partial charge in [0.05, 0.1) is 6.04 Å². The first-order valence-electron chi connectivity index (χ1n) is 5.31. The minimum Gasteiger partial charge on any atom is -0.308 e. The van der Waals surface area contributed by atoms with Crippen LogP contribution in [0.5, 0.6) is 0 Å². The molecule has 1 atom stereocenters. The molecule has 1 aromatic heterocycles. The van der Waals surface area contributed by atoms with Crippen LogP contribution in [-0.4, -0.2) is 14.8 Å². The maximum atomic E-state index is 4.19. The van der Waals surface area contributed by atoms with Gasteiger partial charge in [-0.05, 0) is 18.9 Å². The maximum absolute atomic E-state index is 4.19. The molecule has 0 saturated carbocycles. The van der Waals surface area contributed by atoms with Gasteiger partial charge < -0.3 is 4.57 Å². The molecule has 3 rings (SSSR count). The first-order chi connectivity index (χ1) is 7.36. The van der Waals surface area contributed by atoms with E-state index in [0.717, 1.165) is 24.5 Å². The lowest BCUT2D eigenvalue weighted by molar-refractivity contribution is 0.600. The number of fused-ring (bicyclic) bond motifs is 1. The van der Waals surface area contributed by atoms with Crippen molar-refractivity contribution in [3.63, 3.8) is 0 Å². The van der Waals surface area contributed by atoms with Crippen molar-refractivity contribution in [1.82, 2.24) is 14.8 Å². The molecule has 0 aliphatic carbocycles. The number of nitrogens with zero attached hydrogens (tertiary/aromatic N) is 3. The van der Waals surface area contributed by atoms with Gasteiger partial charge in [0.25, 0.3) is 0 Å². The van der Waals surface area contributed by atoms with Gasteiger partial charge in [-0.1, -0.05) is 30.3 Å². The smallest absolute Gasteiger partial charge is 0.133 e. The molecule has 0 saturated heterocycles. The zero-order valence-corrected chi connectivity index (χ0v) is 8.72. The third-order valence-corrected chi connectivity index (χ3v) is 3.07. The molecule has 2 aromatic rings. The summed E-state index contributed by atoms with van der Waals surface area (Å²) >= 11 is 0. The van der Waals surface area contributed by atoms with Crippen molar-refractivity contribution >= 4 is 0 Å². The van der Waals surface area contributed by atoms with Crippen LogP contribution in [0.25, 0.3) is 0 Å². The molecular weight excluding hydrogens is 186 g/mol. The van der Waals surface area contributed by atoms with Crippen LogP contribution in [-0.2, 0) is 6.42 Å². The summed E-state index contributed by atoms with van der Waals surface area (Å²) in [6, 6.07) is 11.0. The Bertz CT molecular complexity index is 473. The number of rotatable bonds is 1. The van der Waals surface area contributed by atoms with E-state index in [4.69, 9.17) is 0 Å². The van der Waals surface area contributed by atoms with Gasteiger partial charge in [0.15, 0.2) is 0 Å².